The van der Waals surface area contributed by atoms with Crippen molar-refractivity contribution in [3.8, 4) is 11.1 Å². The fraction of sp³-hybridized carbons (Fsp3) is 0.333. The first-order valence-electron chi connectivity index (χ1n) is 19.5. The standard InChI is InChI=1S/C45H50N6O6/c1-31-40(29-50-23-25-51(26-24-50)44-46-21-8-22-47-44)56-43(57-41(31)35-15-13-33(30-52)14-16-35)36-19-17-34(18-20-36)38-12-7-6-11-37(38)28-48-45(54)49-39(42(53)55-2)27-32-9-4-3-5-10-32/h3-22,31,39-41,43,52H,23-30H2,1-2H3,(H2,48,49,54)/t31-,39-,40+,41+,43+/m0/s1. The minimum absolute atomic E-state index is 0.0148. The molecule has 296 valence electrons. The summed E-state index contributed by atoms with van der Waals surface area (Å²) in [5, 5.41) is 15.4. The van der Waals surface area contributed by atoms with E-state index in [4.69, 9.17) is 14.2 Å². The first kappa shape index (κ1) is 39.6. The molecule has 0 aliphatic carbocycles. The van der Waals surface area contributed by atoms with Gasteiger partial charge in [0, 0.05) is 69.6 Å². The molecule has 5 atom stereocenters. The van der Waals surface area contributed by atoms with E-state index in [2.05, 4.69) is 49.5 Å². The average molecular weight is 771 g/mol. The van der Waals surface area contributed by atoms with Crippen LogP contribution in [0.2, 0.25) is 0 Å². The summed E-state index contributed by atoms with van der Waals surface area (Å²) in [6.45, 7) is 6.60. The number of rotatable bonds is 13. The van der Waals surface area contributed by atoms with Gasteiger partial charge < -0.3 is 34.9 Å². The fourth-order valence-electron chi connectivity index (χ4n) is 7.51. The predicted molar refractivity (Wildman–Crippen MR) is 217 cm³/mol. The number of hydrogen-bond acceptors (Lipinski definition) is 10. The molecule has 0 bridgehead atoms. The van der Waals surface area contributed by atoms with E-state index in [0.29, 0.717) is 6.42 Å². The molecule has 0 unspecified atom stereocenters. The second kappa shape index (κ2) is 19.0. The van der Waals surface area contributed by atoms with Gasteiger partial charge in [0.2, 0.25) is 5.95 Å². The molecule has 7 rings (SSSR count). The summed E-state index contributed by atoms with van der Waals surface area (Å²) in [6, 6.07) is 34.1. The van der Waals surface area contributed by atoms with Crippen LogP contribution in [0, 0.1) is 5.92 Å². The van der Waals surface area contributed by atoms with Crippen molar-refractivity contribution >= 4 is 17.9 Å². The first-order valence-corrected chi connectivity index (χ1v) is 19.5. The van der Waals surface area contributed by atoms with Gasteiger partial charge in [-0.2, -0.15) is 0 Å². The van der Waals surface area contributed by atoms with Crippen LogP contribution >= 0.6 is 0 Å². The molecule has 0 saturated carbocycles. The molecule has 0 spiro atoms. The Labute approximate surface area is 333 Å². The Morgan fingerprint density at radius 1 is 0.825 bits per heavy atom. The van der Waals surface area contributed by atoms with Gasteiger partial charge in [-0.1, -0.05) is 110 Å². The number of nitrogens with zero attached hydrogens (tertiary/aromatic N) is 4. The van der Waals surface area contributed by atoms with Crippen LogP contribution in [0.15, 0.2) is 122 Å². The SMILES string of the molecule is COC(=O)[C@H](Cc1ccccc1)NC(=O)NCc1ccccc1-c1ccc([C@@H]2O[C@H](CN3CCN(c4ncccn4)CC3)[C@H](C)[C@H](c3ccc(CO)cc3)O2)cc1. The van der Waals surface area contributed by atoms with Crippen molar-refractivity contribution in [2.24, 2.45) is 5.92 Å². The number of urea groups is 1. The zero-order chi connectivity index (χ0) is 39.6. The molecule has 12 heteroatoms. The molecule has 4 aromatic carbocycles. The predicted octanol–water partition coefficient (Wildman–Crippen LogP) is 5.83. The van der Waals surface area contributed by atoms with Crippen molar-refractivity contribution in [2.75, 3.05) is 44.7 Å². The van der Waals surface area contributed by atoms with Crippen molar-refractivity contribution in [2.45, 2.75) is 51.0 Å². The number of carbonyl (C=O) groups excluding carboxylic acids is 2. The van der Waals surface area contributed by atoms with Crippen LogP contribution < -0.4 is 15.5 Å². The lowest BCUT2D eigenvalue weighted by molar-refractivity contribution is -0.276. The topological polar surface area (TPSA) is 138 Å². The Kier molecular flexibility index (Phi) is 13.2. The van der Waals surface area contributed by atoms with E-state index < -0.39 is 24.3 Å². The van der Waals surface area contributed by atoms with Crippen molar-refractivity contribution in [1.82, 2.24) is 25.5 Å². The molecule has 1 aromatic heterocycles. The number of aromatic nitrogens is 2. The molecule has 5 aromatic rings. The average Bonchev–Trinajstić information content (AvgIpc) is 3.27. The maximum absolute atomic E-state index is 13.0. The number of benzene rings is 4. The van der Waals surface area contributed by atoms with E-state index in [1.54, 1.807) is 12.4 Å². The number of nitrogens with one attached hydrogen (secondary N) is 2. The Hall–Kier alpha value is -5.66. The van der Waals surface area contributed by atoms with Crippen molar-refractivity contribution < 1.29 is 28.9 Å². The second-order valence-electron chi connectivity index (χ2n) is 14.5. The van der Waals surface area contributed by atoms with Gasteiger partial charge in [0.1, 0.15) is 6.04 Å². The molecule has 57 heavy (non-hydrogen) atoms. The lowest BCUT2D eigenvalue weighted by Gasteiger charge is -2.44. The molecule has 3 heterocycles. The van der Waals surface area contributed by atoms with Gasteiger partial charge in [0.05, 0.1) is 25.9 Å². The summed E-state index contributed by atoms with van der Waals surface area (Å²) in [5.41, 5.74) is 6.58. The van der Waals surface area contributed by atoms with E-state index in [-0.39, 0.29) is 31.3 Å². The Morgan fingerprint density at radius 2 is 1.51 bits per heavy atom. The van der Waals surface area contributed by atoms with Crippen LogP contribution in [0.4, 0.5) is 10.7 Å². The van der Waals surface area contributed by atoms with Gasteiger partial charge in [-0.05, 0) is 39.4 Å². The van der Waals surface area contributed by atoms with Gasteiger partial charge in [-0.15, -0.1) is 0 Å². The third-order valence-electron chi connectivity index (χ3n) is 10.8. The highest BCUT2D eigenvalue weighted by Gasteiger charge is 2.39. The zero-order valence-electron chi connectivity index (χ0n) is 32.4. The van der Waals surface area contributed by atoms with Gasteiger partial charge in [0.15, 0.2) is 6.29 Å². The number of esters is 1. The molecule has 2 amide bonds. The van der Waals surface area contributed by atoms with Crippen LogP contribution in [-0.4, -0.2) is 84.0 Å². The molecule has 3 N–H and O–H groups in total. The molecule has 12 nitrogen and oxygen atoms in total. The van der Waals surface area contributed by atoms with Gasteiger partial charge in [0.25, 0.3) is 0 Å². The van der Waals surface area contributed by atoms with Gasteiger partial charge in [-0.25, -0.2) is 19.6 Å². The second-order valence-corrected chi connectivity index (χ2v) is 14.5. The maximum Gasteiger partial charge on any atom is 0.328 e. The number of piperazine rings is 1. The van der Waals surface area contributed by atoms with E-state index in [1.807, 2.05) is 97.1 Å². The van der Waals surface area contributed by atoms with E-state index >= 15 is 0 Å². The summed E-state index contributed by atoms with van der Waals surface area (Å²) < 4.78 is 18.5. The molecule has 2 fully saturated rings. The van der Waals surface area contributed by atoms with E-state index in [0.717, 1.165) is 77.6 Å². The summed E-state index contributed by atoms with van der Waals surface area (Å²) in [7, 11) is 1.31. The van der Waals surface area contributed by atoms with Crippen molar-refractivity contribution in [3.63, 3.8) is 0 Å². The number of methoxy groups -OCH3 is 1. The summed E-state index contributed by atoms with van der Waals surface area (Å²) in [4.78, 5) is 39.1. The normalized spacial score (nSPS) is 20.4. The molecule has 2 saturated heterocycles. The monoisotopic (exact) mass is 770 g/mol. The third-order valence-corrected chi connectivity index (χ3v) is 10.8. The fourth-order valence-corrected chi connectivity index (χ4v) is 7.51. The number of hydrogen-bond donors (Lipinski definition) is 3. The van der Waals surface area contributed by atoms with Gasteiger partial charge >= 0.3 is 12.0 Å². The first-order chi connectivity index (χ1) is 27.9. The van der Waals surface area contributed by atoms with E-state index in [9.17, 15) is 14.7 Å². The number of anilines is 1. The molecule has 2 aliphatic rings. The van der Waals surface area contributed by atoms with Crippen molar-refractivity contribution in [3.05, 3.63) is 149 Å². The van der Waals surface area contributed by atoms with Crippen LogP contribution in [0.25, 0.3) is 11.1 Å². The van der Waals surface area contributed by atoms with E-state index in [1.165, 1.54) is 7.11 Å². The summed E-state index contributed by atoms with van der Waals surface area (Å²) >= 11 is 0. The van der Waals surface area contributed by atoms with Crippen molar-refractivity contribution in [1.29, 1.82) is 0 Å². The van der Waals surface area contributed by atoms with Crippen LogP contribution in [0.1, 0.15) is 47.1 Å². The highest BCUT2D eigenvalue weighted by molar-refractivity contribution is 5.84. The Bertz CT molecular complexity index is 2050. The number of carbonyl (C=O) groups is 2. The highest BCUT2D eigenvalue weighted by atomic mass is 16.7. The summed E-state index contributed by atoms with van der Waals surface area (Å²) in [6.07, 6.45) is 2.96. The Balaban J connectivity index is 1.03. The maximum atomic E-state index is 13.0. The third kappa shape index (κ3) is 10.0. The lowest BCUT2D eigenvalue weighted by atomic mass is 9.89. The van der Waals surface area contributed by atoms with Gasteiger partial charge in [-0.3, -0.25) is 4.90 Å². The smallest absolute Gasteiger partial charge is 0.328 e. The molecule has 0 radical (unpaired) electrons. The number of aliphatic hydroxyl groups excluding tert-OH is 1. The largest absolute Gasteiger partial charge is 0.467 e. The molecular formula is C45H50N6O6. The zero-order valence-corrected chi connectivity index (χ0v) is 32.4. The number of amides is 2. The minimum atomic E-state index is -0.827. The number of ether oxygens (including phenoxy) is 3. The minimum Gasteiger partial charge on any atom is -0.467 e. The van der Waals surface area contributed by atoms with Crippen LogP contribution in [0.5, 0.6) is 0 Å². The molecular weight excluding hydrogens is 721 g/mol. The number of aliphatic hydroxyl groups is 1. The highest BCUT2D eigenvalue weighted by Crippen LogP contribution is 2.42. The lowest BCUT2D eigenvalue weighted by Crippen LogP contribution is -2.51. The molecule has 2 aliphatic heterocycles. The quantitative estimate of drug-likeness (QED) is 0.125. The van der Waals surface area contributed by atoms with Crippen LogP contribution in [0.3, 0.4) is 0 Å². The van der Waals surface area contributed by atoms with Crippen LogP contribution in [-0.2, 0) is 38.6 Å². The summed E-state index contributed by atoms with van der Waals surface area (Å²) in [5.74, 6) is 0.313. The Morgan fingerprint density at radius 3 is 2.21 bits per heavy atom.